The van der Waals surface area contributed by atoms with Gasteiger partial charge in [0.1, 0.15) is 24.7 Å². The molecule has 1 aromatic heterocycles. The summed E-state index contributed by atoms with van der Waals surface area (Å²) in [6.07, 6.45) is 0.123. The molecule has 0 aliphatic heterocycles. The highest BCUT2D eigenvalue weighted by atomic mass is 16.6. The van der Waals surface area contributed by atoms with Gasteiger partial charge in [0.05, 0.1) is 90.5 Å². The second-order valence-electron chi connectivity index (χ2n) is 15.7. The summed E-state index contributed by atoms with van der Waals surface area (Å²) in [5.41, 5.74) is 7.71. The molecule has 15 heteroatoms. The van der Waals surface area contributed by atoms with E-state index in [0.717, 1.165) is 56.5 Å². The van der Waals surface area contributed by atoms with Gasteiger partial charge in [-0.3, -0.25) is 4.98 Å². The first-order valence-electron chi connectivity index (χ1n) is 22.0. The van der Waals surface area contributed by atoms with Gasteiger partial charge in [-0.25, -0.2) is 9.59 Å². The van der Waals surface area contributed by atoms with E-state index in [1.807, 2.05) is 153 Å². The maximum absolute atomic E-state index is 12.8. The number of nitrogens with one attached hydrogen (secondary N) is 2. The van der Waals surface area contributed by atoms with Crippen LogP contribution in [0.15, 0.2) is 115 Å². The van der Waals surface area contributed by atoms with Crippen LogP contribution in [0.3, 0.4) is 0 Å². The molecule has 66 heavy (non-hydrogen) atoms. The maximum atomic E-state index is 12.8. The molecule has 0 bridgehead atoms. The Bertz CT molecular complexity index is 2000. The van der Waals surface area contributed by atoms with E-state index >= 15 is 0 Å². The van der Waals surface area contributed by atoms with Crippen molar-refractivity contribution in [3.8, 4) is 11.5 Å². The number of anilines is 2. The number of pyridine rings is 1. The molecule has 1 heterocycles. The number of carbonyl (C=O) groups is 2. The molecule has 5 rings (SSSR count). The van der Waals surface area contributed by atoms with E-state index in [4.69, 9.17) is 37.9 Å². The summed E-state index contributed by atoms with van der Waals surface area (Å²) in [5, 5.41) is 6.03. The van der Waals surface area contributed by atoms with E-state index in [2.05, 4.69) is 15.6 Å². The molecule has 15 nitrogen and oxygen atoms in total. The van der Waals surface area contributed by atoms with Crippen LogP contribution in [0.1, 0.15) is 45.7 Å². The second-order valence-corrected chi connectivity index (χ2v) is 15.7. The van der Waals surface area contributed by atoms with Gasteiger partial charge in [-0.1, -0.05) is 54.6 Å². The predicted molar refractivity (Wildman–Crippen MR) is 255 cm³/mol. The first-order valence-corrected chi connectivity index (χ1v) is 22.0. The van der Waals surface area contributed by atoms with Crippen LogP contribution in [-0.2, 0) is 54.5 Å². The third kappa shape index (κ3) is 17.9. The largest absolute Gasteiger partial charge is 0.497 e. The fourth-order valence-corrected chi connectivity index (χ4v) is 6.75. The molecular formula is C51H65N5O10. The van der Waals surface area contributed by atoms with Crippen molar-refractivity contribution in [2.75, 3.05) is 105 Å². The molecule has 2 N–H and O–H groups in total. The minimum absolute atomic E-state index is 0.0981. The summed E-state index contributed by atoms with van der Waals surface area (Å²) in [6.45, 7) is 2.63. The molecule has 2 unspecified atom stereocenters. The number of hydrogen-bond donors (Lipinski definition) is 2. The summed E-state index contributed by atoms with van der Waals surface area (Å²) in [7, 11) is 11.2. The van der Waals surface area contributed by atoms with E-state index in [0.29, 0.717) is 52.5 Å². The van der Waals surface area contributed by atoms with Crippen molar-refractivity contribution in [1.82, 2.24) is 15.6 Å². The molecule has 0 spiro atoms. The van der Waals surface area contributed by atoms with Crippen molar-refractivity contribution >= 4 is 23.6 Å². The minimum Gasteiger partial charge on any atom is -0.497 e. The number of aromatic nitrogens is 1. The molecule has 5 aromatic rings. The standard InChI is InChI=1S/C51H65N5O10/c1-55(2)44-18-14-40(15-19-44)48(34-38-10-22-46(59-5)23-11-38)53-50(57)65-32-30-61-26-28-63-36-42-8-7-9-43(52-42)37-64-29-27-62-31-33-66-51(58)54-49(35-39-12-24-47(60-6)25-13-39)41-16-20-45(21-17-41)56(3)4/h7-25,48-49H,26-37H2,1-6H3,(H,53,57)(H,54,58). The number of alkyl carbamates (subject to hydrolysis) is 2. The zero-order valence-corrected chi connectivity index (χ0v) is 39.0. The zero-order chi connectivity index (χ0) is 46.9. The highest BCUT2D eigenvalue weighted by Crippen LogP contribution is 2.25. The lowest BCUT2D eigenvalue weighted by atomic mass is 9.98. The van der Waals surface area contributed by atoms with Gasteiger partial charge < -0.3 is 58.3 Å². The highest BCUT2D eigenvalue weighted by molar-refractivity contribution is 5.68. The number of nitrogens with zero attached hydrogens (tertiary/aromatic N) is 3. The number of methoxy groups -OCH3 is 2. The maximum Gasteiger partial charge on any atom is 0.407 e. The molecule has 0 fully saturated rings. The molecule has 0 aliphatic rings. The lowest BCUT2D eigenvalue weighted by Crippen LogP contribution is -2.31. The second kappa shape index (κ2) is 27.8. The summed E-state index contributed by atoms with van der Waals surface area (Å²) in [5.74, 6) is 1.55. The van der Waals surface area contributed by atoms with Crippen molar-refractivity contribution in [1.29, 1.82) is 0 Å². The Hall–Kier alpha value is -6.39. The van der Waals surface area contributed by atoms with E-state index in [1.165, 1.54) is 0 Å². The van der Waals surface area contributed by atoms with Crippen LogP contribution >= 0.6 is 0 Å². The average molecular weight is 908 g/mol. The van der Waals surface area contributed by atoms with Crippen molar-refractivity contribution < 1.29 is 47.5 Å². The smallest absolute Gasteiger partial charge is 0.407 e. The van der Waals surface area contributed by atoms with E-state index in [-0.39, 0.29) is 38.5 Å². The van der Waals surface area contributed by atoms with E-state index < -0.39 is 12.2 Å². The van der Waals surface area contributed by atoms with Crippen molar-refractivity contribution in [3.05, 3.63) is 149 Å². The van der Waals surface area contributed by atoms with Gasteiger partial charge in [0, 0.05) is 39.6 Å². The third-order valence-electron chi connectivity index (χ3n) is 10.4. The van der Waals surface area contributed by atoms with Crippen molar-refractivity contribution in [2.24, 2.45) is 0 Å². The van der Waals surface area contributed by atoms with Gasteiger partial charge in [0.15, 0.2) is 0 Å². The van der Waals surface area contributed by atoms with Gasteiger partial charge in [0.2, 0.25) is 0 Å². The number of amides is 2. The van der Waals surface area contributed by atoms with Gasteiger partial charge >= 0.3 is 12.2 Å². The Kier molecular flexibility index (Phi) is 21.3. The first-order chi connectivity index (χ1) is 32.1. The van der Waals surface area contributed by atoms with Crippen LogP contribution < -0.4 is 29.9 Å². The van der Waals surface area contributed by atoms with Crippen LogP contribution in [-0.4, -0.2) is 112 Å². The molecule has 2 amide bonds. The van der Waals surface area contributed by atoms with Crippen LogP contribution in [0, 0.1) is 0 Å². The normalized spacial score (nSPS) is 11.8. The number of rotatable bonds is 28. The zero-order valence-electron chi connectivity index (χ0n) is 39.0. The lowest BCUT2D eigenvalue weighted by Gasteiger charge is -2.21. The number of benzene rings is 4. The Morgan fingerprint density at radius 3 is 1.21 bits per heavy atom. The van der Waals surface area contributed by atoms with Crippen molar-refractivity contribution in [2.45, 2.75) is 38.1 Å². The minimum atomic E-state index is -0.520. The van der Waals surface area contributed by atoms with Crippen LogP contribution in [0.25, 0.3) is 0 Å². The van der Waals surface area contributed by atoms with Crippen LogP contribution in [0.4, 0.5) is 21.0 Å². The predicted octanol–water partition coefficient (Wildman–Crippen LogP) is 7.72. The first kappa shape index (κ1) is 50.6. The van der Waals surface area contributed by atoms with E-state index in [9.17, 15) is 9.59 Å². The van der Waals surface area contributed by atoms with Crippen LogP contribution in [0.2, 0.25) is 0 Å². The van der Waals surface area contributed by atoms with Gasteiger partial charge in [-0.05, 0) is 95.8 Å². The van der Waals surface area contributed by atoms with Gasteiger partial charge in [-0.15, -0.1) is 0 Å². The summed E-state index contributed by atoms with van der Waals surface area (Å²) in [4.78, 5) is 34.3. The fraction of sp³-hybridized carbons (Fsp3) is 0.392. The summed E-state index contributed by atoms with van der Waals surface area (Å²) in [6, 6.07) is 36.8. The fourth-order valence-electron chi connectivity index (χ4n) is 6.75. The highest BCUT2D eigenvalue weighted by Gasteiger charge is 2.19. The van der Waals surface area contributed by atoms with Gasteiger partial charge in [0.25, 0.3) is 0 Å². The lowest BCUT2D eigenvalue weighted by molar-refractivity contribution is 0.0200. The summed E-state index contributed by atoms with van der Waals surface area (Å²) < 4.78 is 44.3. The molecule has 4 aromatic carbocycles. The topological polar surface area (TPSA) is 151 Å². The van der Waals surface area contributed by atoms with Crippen LogP contribution in [0.5, 0.6) is 11.5 Å². The Balaban J connectivity index is 0.913. The van der Waals surface area contributed by atoms with E-state index in [1.54, 1.807) is 14.2 Å². The number of carbonyl (C=O) groups excluding carboxylic acids is 2. The molecular weight excluding hydrogens is 843 g/mol. The monoisotopic (exact) mass is 907 g/mol. The molecule has 2 atom stereocenters. The molecule has 0 aliphatic carbocycles. The van der Waals surface area contributed by atoms with Gasteiger partial charge in [-0.2, -0.15) is 0 Å². The summed E-state index contributed by atoms with van der Waals surface area (Å²) >= 11 is 0. The molecule has 0 saturated carbocycles. The molecule has 0 saturated heterocycles. The van der Waals surface area contributed by atoms with Crippen molar-refractivity contribution in [3.63, 3.8) is 0 Å². The third-order valence-corrected chi connectivity index (χ3v) is 10.4. The average Bonchev–Trinajstić information content (AvgIpc) is 3.33. The molecule has 0 radical (unpaired) electrons. The Labute approximate surface area is 389 Å². The number of hydrogen-bond acceptors (Lipinski definition) is 13. The molecule has 354 valence electrons. The quantitative estimate of drug-likeness (QED) is 0.0472. The Morgan fingerprint density at radius 2 is 0.848 bits per heavy atom. The Morgan fingerprint density at radius 1 is 0.485 bits per heavy atom. The SMILES string of the molecule is COc1ccc(CC(NC(=O)OCCOCCOCc2cccc(COCCOCCOC(=O)NC(Cc3ccc(OC)cc3)c3ccc(N(C)C)cc3)n2)c2ccc(N(C)C)cc2)cc1. The number of ether oxygens (including phenoxy) is 8.